The Morgan fingerprint density at radius 1 is 1.32 bits per heavy atom. The average molecular weight is 342 g/mol. The standard InChI is InChI=1S/C20H26N2O3/c1-4-5-6-9-12-22-14-16(17-10-7-8-11-19(17)22)13-18(20(24)25-3)21-15(2)23/h7-12,14,18H,4-6,13H2,1-3H3,(H,21,23). The lowest BCUT2D eigenvalue weighted by Gasteiger charge is -2.14. The number of aromatic nitrogens is 1. The van der Waals surface area contributed by atoms with Gasteiger partial charge >= 0.3 is 5.97 Å². The van der Waals surface area contributed by atoms with Crippen LogP contribution in [0.2, 0.25) is 0 Å². The number of ether oxygens (including phenoxy) is 1. The van der Waals surface area contributed by atoms with Crippen LogP contribution in [0.5, 0.6) is 0 Å². The number of methoxy groups -OCH3 is 1. The first-order valence-electron chi connectivity index (χ1n) is 8.66. The monoisotopic (exact) mass is 342 g/mol. The number of hydrogen-bond acceptors (Lipinski definition) is 3. The Bertz CT molecular complexity index is 761. The molecular formula is C20H26N2O3. The average Bonchev–Trinajstić information content (AvgIpc) is 2.95. The first kappa shape index (κ1) is 18.8. The lowest BCUT2D eigenvalue weighted by Crippen LogP contribution is -2.41. The third kappa shape index (κ3) is 4.95. The Morgan fingerprint density at radius 2 is 2.08 bits per heavy atom. The fourth-order valence-electron chi connectivity index (χ4n) is 2.87. The highest BCUT2D eigenvalue weighted by Crippen LogP contribution is 2.23. The summed E-state index contributed by atoms with van der Waals surface area (Å²) in [7, 11) is 1.33. The summed E-state index contributed by atoms with van der Waals surface area (Å²) in [5.74, 6) is -0.691. The zero-order valence-electron chi connectivity index (χ0n) is 15.1. The molecule has 0 fully saturated rings. The minimum Gasteiger partial charge on any atom is -0.467 e. The molecule has 1 heterocycles. The molecule has 2 rings (SSSR count). The molecule has 0 aliphatic heterocycles. The summed E-state index contributed by atoms with van der Waals surface area (Å²) in [4.78, 5) is 23.4. The van der Waals surface area contributed by atoms with Crippen molar-refractivity contribution in [3.05, 3.63) is 42.1 Å². The van der Waals surface area contributed by atoms with Gasteiger partial charge in [0.05, 0.1) is 12.6 Å². The van der Waals surface area contributed by atoms with Gasteiger partial charge in [-0.1, -0.05) is 44.0 Å². The van der Waals surface area contributed by atoms with Crippen LogP contribution >= 0.6 is 0 Å². The first-order valence-corrected chi connectivity index (χ1v) is 8.66. The molecule has 1 unspecified atom stereocenters. The van der Waals surface area contributed by atoms with Crippen LogP contribution in [0, 0.1) is 0 Å². The van der Waals surface area contributed by atoms with Crippen molar-refractivity contribution in [3.8, 4) is 0 Å². The smallest absolute Gasteiger partial charge is 0.328 e. The predicted octanol–water partition coefficient (Wildman–Crippen LogP) is 3.52. The highest BCUT2D eigenvalue weighted by atomic mass is 16.5. The number of benzene rings is 1. The number of carbonyl (C=O) groups is 2. The van der Waals surface area contributed by atoms with E-state index in [1.807, 2.05) is 24.4 Å². The van der Waals surface area contributed by atoms with Gasteiger partial charge in [0.25, 0.3) is 0 Å². The Kier molecular flexibility index (Phi) is 6.81. The van der Waals surface area contributed by atoms with E-state index < -0.39 is 12.0 Å². The van der Waals surface area contributed by atoms with Crippen molar-refractivity contribution in [3.63, 3.8) is 0 Å². The maximum absolute atomic E-state index is 12.0. The number of esters is 1. The lowest BCUT2D eigenvalue weighted by molar-refractivity contribution is -0.144. The second-order valence-corrected chi connectivity index (χ2v) is 6.09. The van der Waals surface area contributed by atoms with Gasteiger partial charge in [-0.15, -0.1) is 0 Å². The van der Waals surface area contributed by atoms with Crippen molar-refractivity contribution in [2.45, 2.75) is 45.6 Å². The molecule has 1 atom stereocenters. The minimum absolute atomic E-state index is 0.251. The van der Waals surface area contributed by atoms with E-state index in [1.54, 1.807) is 0 Å². The van der Waals surface area contributed by atoms with Crippen LogP contribution in [0.15, 0.2) is 36.5 Å². The van der Waals surface area contributed by atoms with Crippen LogP contribution in [0.4, 0.5) is 0 Å². The molecule has 0 saturated heterocycles. The fourth-order valence-corrected chi connectivity index (χ4v) is 2.87. The van der Waals surface area contributed by atoms with Gasteiger partial charge in [0.1, 0.15) is 6.04 Å². The zero-order valence-corrected chi connectivity index (χ0v) is 15.1. The van der Waals surface area contributed by atoms with E-state index in [-0.39, 0.29) is 5.91 Å². The number of carbonyl (C=O) groups excluding carboxylic acids is 2. The van der Waals surface area contributed by atoms with E-state index in [1.165, 1.54) is 20.5 Å². The van der Waals surface area contributed by atoms with E-state index in [0.29, 0.717) is 6.42 Å². The van der Waals surface area contributed by atoms with Crippen LogP contribution in [0.25, 0.3) is 17.1 Å². The van der Waals surface area contributed by atoms with Gasteiger partial charge in [-0.25, -0.2) is 4.79 Å². The van der Waals surface area contributed by atoms with Gasteiger partial charge < -0.3 is 14.6 Å². The highest BCUT2D eigenvalue weighted by molar-refractivity contribution is 5.88. The quantitative estimate of drug-likeness (QED) is 0.590. The highest BCUT2D eigenvalue weighted by Gasteiger charge is 2.22. The molecule has 134 valence electrons. The van der Waals surface area contributed by atoms with Crippen molar-refractivity contribution in [1.29, 1.82) is 0 Å². The summed E-state index contributed by atoms with van der Waals surface area (Å²) < 4.78 is 6.89. The molecule has 0 saturated carbocycles. The number of hydrogen-bond donors (Lipinski definition) is 1. The molecule has 2 aromatic rings. The van der Waals surface area contributed by atoms with Gasteiger partial charge in [0.2, 0.25) is 5.91 Å². The molecule has 1 aromatic carbocycles. The molecular weight excluding hydrogens is 316 g/mol. The lowest BCUT2D eigenvalue weighted by atomic mass is 10.1. The maximum Gasteiger partial charge on any atom is 0.328 e. The number of para-hydroxylation sites is 1. The van der Waals surface area contributed by atoms with Crippen LogP contribution in [0.1, 0.15) is 38.7 Å². The molecule has 1 amide bonds. The summed E-state index contributed by atoms with van der Waals surface area (Å²) >= 11 is 0. The normalized spacial score (nSPS) is 12.4. The molecule has 0 radical (unpaired) electrons. The number of amides is 1. The van der Waals surface area contributed by atoms with E-state index in [0.717, 1.165) is 29.3 Å². The second kappa shape index (κ2) is 9.06. The van der Waals surface area contributed by atoms with Gasteiger partial charge in [-0.3, -0.25) is 4.79 Å². The maximum atomic E-state index is 12.0. The molecule has 25 heavy (non-hydrogen) atoms. The van der Waals surface area contributed by atoms with Crippen molar-refractivity contribution >= 4 is 29.0 Å². The topological polar surface area (TPSA) is 60.3 Å². The number of unbranched alkanes of at least 4 members (excludes halogenated alkanes) is 2. The molecule has 0 aliphatic rings. The number of nitrogens with zero attached hydrogens (tertiary/aromatic N) is 1. The summed E-state index contributed by atoms with van der Waals surface area (Å²) in [5.41, 5.74) is 2.08. The van der Waals surface area contributed by atoms with Gasteiger partial charge in [-0.05, 0) is 18.1 Å². The van der Waals surface area contributed by atoms with Crippen molar-refractivity contribution in [2.75, 3.05) is 7.11 Å². The van der Waals surface area contributed by atoms with Gasteiger partial charge in [0, 0.05) is 31.1 Å². The number of allylic oxidation sites excluding steroid dienone is 1. The summed E-state index contributed by atoms with van der Waals surface area (Å²) in [6, 6.07) is 7.36. The van der Waals surface area contributed by atoms with Crippen LogP contribution in [0.3, 0.4) is 0 Å². The van der Waals surface area contributed by atoms with E-state index in [2.05, 4.69) is 35.1 Å². The van der Waals surface area contributed by atoms with Crippen molar-refractivity contribution in [2.24, 2.45) is 0 Å². The summed E-state index contributed by atoms with van der Waals surface area (Å²) in [6.07, 6.45) is 10.00. The van der Waals surface area contributed by atoms with Crippen LogP contribution in [-0.4, -0.2) is 29.6 Å². The molecule has 0 bridgehead atoms. The van der Waals surface area contributed by atoms with Gasteiger partial charge in [-0.2, -0.15) is 0 Å². The summed E-state index contributed by atoms with van der Waals surface area (Å²) in [5, 5.41) is 3.74. The molecule has 1 aromatic heterocycles. The molecule has 1 N–H and O–H groups in total. The van der Waals surface area contributed by atoms with Crippen molar-refractivity contribution < 1.29 is 14.3 Å². The number of nitrogens with one attached hydrogen (secondary N) is 1. The Labute approximate surface area is 148 Å². The van der Waals surface area contributed by atoms with E-state index >= 15 is 0 Å². The second-order valence-electron chi connectivity index (χ2n) is 6.09. The van der Waals surface area contributed by atoms with Crippen LogP contribution < -0.4 is 5.32 Å². The third-order valence-electron chi connectivity index (χ3n) is 4.10. The SMILES string of the molecule is CCCCC=Cn1cc(CC(NC(C)=O)C(=O)OC)c2ccccc21. The minimum atomic E-state index is -0.689. The summed E-state index contributed by atoms with van der Waals surface area (Å²) in [6.45, 7) is 3.57. The zero-order chi connectivity index (χ0) is 18.2. The van der Waals surface area contributed by atoms with Crippen LogP contribution in [-0.2, 0) is 20.7 Å². The largest absolute Gasteiger partial charge is 0.467 e. The predicted molar refractivity (Wildman–Crippen MR) is 100 cm³/mol. The molecule has 0 spiro atoms. The molecule has 0 aliphatic carbocycles. The first-order chi connectivity index (χ1) is 12.1. The van der Waals surface area contributed by atoms with E-state index in [9.17, 15) is 9.59 Å². The molecule has 5 nitrogen and oxygen atoms in total. The number of rotatable bonds is 8. The Hall–Kier alpha value is -2.56. The fraction of sp³-hybridized carbons (Fsp3) is 0.400. The molecule has 5 heteroatoms. The number of fused-ring (bicyclic) bond motifs is 1. The van der Waals surface area contributed by atoms with Gasteiger partial charge in [0.15, 0.2) is 0 Å². The van der Waals surface area contributed by atoms with E-state index in [4.69, 9.17) is 4.74 Å². The Balaban J connectivity index is 2.32. The van der Waals surface area contributed by atoms with Crippen molar-refractivity contribution in [1.82, 2.24) is 9.88 Å². The third-order valence-corrected chi connectivity index (χ3v) is 4.10. The Morgan fingerprint density at radius 3 is 2.76 bits per heavy atom.